The van der Waals surface area contributed by atoms with Crippen LogP contribution in [0.4, 0.5) is 0 Å². The Balaban J connectivity index is 1.70. The second-order valence-electron chi connectivity index (χ2n) is 4.27. The van der Waals surface area contributed by atoms with Gasteiger partial charge in [-0.3, -0.25) is 10.1 Å². The van der Waals surface area contributed by atoms with Crippen LogP contribution >= 0.6 is 23.6 Å². The van der Waals surface area contributed by atoms with Gasteiger partial charge < -0.3 is 9.15 Å². The van der Waals surface area contributed by atoms with Crippen LogP contribution in [0, 0.1) is 0 Å². The van der Waals surface area contributed by atoms with Crippen molar-refractivity contribution in [3.8, 4) is 5.75 Å². The highest BCUT2D eigenvalue weighted by atomic mass is 32.1. The summed E-state index contributed by atoms with van der Waals surface area (Å²) in [5, 5.41) is 2.42. The summed E-state index contributed by atoms with van der Waals surface area (Å²) in [6, 6.07) is 13.5. The minimum atomic E-state index is -0.382. The second kappa shape index (κ2) is 6.08. The smallest absolute Gasteiger partial charge is 0.396 e. The molecule has 1 N–H and O–H groups in total. The van der Waals surface area contributed by atoms with Gasteiger partial charge in [0.05, 0.1) is 4.70 Å². The molecule has 0 saturated carbocycles. The first-order chi connectivity index (χ1) is 10.6. The molecule has 0 aliphatic rings. The molecule has 110 valence electrons. The SMILES string of the molecule is O=C(NC(=S)Oc1ccc2oc(=O)sc2c1)c1ccccc1. The van der Waals surface area contributed by atoms with Crippen LogP contribution in [-0.2, 0) is 0 Å². The lowest BCUT2D eigenvalue weighted by molar-refractivity contribution is 0.0973. The number of carbonyl (C=O) groups is 1. The lowest BCUT2D eigenvalue weighted by Gasteiger charge is -2.08. The van der Waals surface area contributed by atoms with Gasteiger partial charge in [0.2, 0.25) is 0 Å². The molecule has 1 amide bonds. The van der Waals surface area contributed by atoms with Crippen LogP contribution in [0.25, 0.3) is 10.3 Å². The van der Waals surface area contributed by atoms with Crippen molar-refractivity contribution < 1.29 is 13.9 Å². The monoisotopic (exact) mass is 331 g/mol. The van der Waals surface area contributed by atoms with Crippen LogP contribution in [0.5, 0.6) is 5.75 Å². The van der Waals surface area contributed by atoms with Crippen LogP contribution in [0.2, 0.25) is 0 Å². The highest BCUT2D eigenvalue weighted by molar-refractivity contribution is 7.80. The molecule has 0 saturated heterocycles. The maximum absolute atomic E-state index is 11.9. The van der Waals surface area contributed by atoms with Crippen molar-refractivity contribution in [1.82, 2.24) is 5.32 Å². The Morgan fingerprint density at radius 3 is 2.73 bits per heavy atom. The Kier molecular flexibility index (Phi) is 3.99. The number of ether oxygens (including phenoxy) is 1. The molecule has 0 aliphatic heterocycles. The maximum Gasteiger partial charge on any atom is 0.396 e. The first-order valence-corrected chi connectivity index (χ1v) is 7.46. The predicted molar refractivity (Wildman–Crippen MR) is 87.5 cm³/mol. The summed E-state index contributed by atoms with van der Waals surface area (Å²) < 4.78 is 11.0. The predicted octanol–water partition coefficient (Wildman–Crippen LogP) is 2.95. The third-order valence-corrected chi connectivity index (χ3v) is 3.74. The molecule has 0 atom stereocenters. The van der Waals surface area contributed by atoms with Gasteiger partial charge in [-0.2, -0.15) is 0 Å². The first kappa shape index (κ1) is 14.4. The molecule has 0 aliphatic carbocycles. The molecular weight excluding hydrogens is 322 g/mol. The number of nitrogens with one attached hydrogen (secondary N) is 1. The lowest BCUT2D eigenvalue weighted by atomic mass is 10.2. The Labute approximate surface area is 134 Å². The van der Waals surface area contributed by atoms with Gasteiger partial charge in [-0.1, -0.05) is 29.5 Å². The van der Waals surface area contributed by atoms with Crippen LogP contribution in [0.1, 0.15) is 10.4 Å². The van der Waals surface area contributed by atoms with Gasteiger partial charge in [0.25, 0.3) is 11.1 Å². The van der Waals surface area contributed by atoms with Crippen molar-refractivity contribution in [1.29, 1.82) is 0 Å². The molecule has 5 nitrogen and oxygen atoms in total. The van der Waals surface area contributed by atoms with E-state index < -0.39 is 0 Å². The number of hydrogen-bond donors (Lipinski definition) is 1. The number of rotatable bonds is 2. The average molecular weight is 331 g/mol. The quantitative estimate of drug-likeness (QED) is 0.731. The number of hydrogen-bond acceptors (Lipinski definition) is 6. The Morgan fingerprint density at radius 1 is 1.18 bits per heavy atom. The van der Waals surface area contributed by atoms with E-state index in [1.807, 2.05) is 6.07 Å². The number of amides is 1. The van der Waals surface area contributed by atoms with Gasteiger partial charge in [0.15, 0.2) is 0 Å². The molecule has 0 radical (unpaired) electrons. The molecule has 0 spiro atoms. The molecule has 2 aromatic carbocycles. The van der Waals surface area contributed by atoms with Gasteiger partial charge in [-0.25, -0.2) is 4.79 Å². The van der Waals surface area contributed by atoms with Crippen LogP contribution in [-0.4, -0.2) is 11.1 Å². The van der Waals surface area contributed by atoms with Crippen molar-refractivity contribution in [2.75, 3.05) is 0 Å². The van der Waals surface area contributed by atoms with Gasteiger partial charge >= 0.3 is 4.94 Å². The van der Waals surface area contributed by atoms with Crippen LogP contribution in [0.15, 0.2) is 57.7 Å². The van der Waals surface area contributed by atoms with Crippen molar-refractivity contribution in [3.05, 3.63) is 63.8 Å². The van der Waals surface area contributed by atoms with E-state index in [1.54, 1.807) is 42.5 Å². The fourth-order valence-electron chi connectivity index (χ4n) is 1.80. The van der Waals surface area contributed by atoms with Crippen molar-refractivity contribution in [3.63, 3.8) is 0 Å². The number of fused-ring (bicyclic) bond motifs is 1. The standard InChI is InChI=1S/C15H9NO4S2/c17-13(9-4-2-1-3-5-9)16-14(21)19-10-6-7-11-12(8-10)22-15(18)20-11/h1-8H,(H,16,17,21). The molecule has 0 fully saturated rings. The number of benzene rings is 2. The van der Waals surface area contributed by atoms with Crippen molar-refractivity contribution >= 4 is 44.9 Å². The van der Waals surface area contributed by atoms with E-state index >= 15 is 0 Å². The zero-order valence-corrected chi connectivity index (χ0v) is 12.7. The van der Waals surface area contributed by atoms with E-state index in [4.69, 9.17) is 21.4 Å². The summed E-state index contributed by atoms with van der Waals surface area (Å²) in [6.07, 6.45) is 0. The maximum atomic E-state index is 11.9. The molecule has 1 aromatic heterocycles. The highest BCUT2D eigenvalue weighted by Crippen LogP contribution is 2.22. The highest BCUT2D eigenvalue weighted by Gasteiger charge is 2.10. The fourth-order valence-corrected chi connectivity index (χ4v) is 2.69. The van der Waals surface area contributed by atoms with E-state index in [9.17, 15) is 9.59 Å². The molecule has 3 aromatic rings. The van der Waals surface area contributed by atoms with Gasteiger partial charge in [-0.05, 0) is 36.5 Å². The zero-order chi connectivity index (χ0) is 15.5. The summed E-state index contributed by atoms with van der Waals surface area (Å²) in [5.74, 6) is 0.0718. The number of carbonyl (C=O) groups excluding carboxylic acids is 1. The molecule has 0 unspecified atom stereocenters. The summed E-state index contributed by atoms with van der Waals surface area (Å²) >= 11 is 5.98. The van der Waals surface area contributed by atoms with Gasteiger partial charge in [0, 0.05) is 11.6 Å². The topological polar surface area (TPSA) is 68.5 Å². The minimum absolute atomic E-state index is 0.0657. The Morgan fingerprint density at radius 2 is 1.95 bits per heavy atom. The second-order valence-corrected chi connectivity index (χ2v) is 5.62. The van der Waals surface area contributed by atoms with E-state index in [0.717, 1.165) is 11.3 Å². The summed E-state index contributed by atoms with van der Waals surface area (Å²) in [5.41, 5.74) is 0.971. The normalized spacial score (nSPS) is 10.4. The molecule has 7 heteroatoms. The molecular formula is C15H9NO4S2. The van der Waals surface area contributed by atoms with Crippen molar-refractivity contribution in [2.45, 2.75) is 0 Å². The lowest BCUT2D eigenvalue weighted by Crippen LogP contribution is -2.32. The average Bonchev–Trinajstić information content (AvgIpc) is 2.87. The number of thiocarbonyl (C=S) groups is 1. The van der Waals surface area contributed by atoms with E-state index in [0.29, 0.717) is 21.6 Å². The third-order valence-electron chi connectivity index (χ3n) is 2.76. The summed E-state index contributed by atoms with van der Waals surface area (Å²) in [6.45, 7) is 0. The first-order valence-electron chi connectivity index (χ1n) is 6.24. The van der Waals surface area contributed by atoms with Crippen LogP contribution in [0.3, 0.4) is 0 Å². The van der Waals surface area contributed by atoms with Gasteiger partial charge in [-0.15, -0.1) is 0 Å². The summed E-state index contributed by atoms with van der Waals surface area (Å²) in [7, 11) is 0. The van der Waals surface area contributed by atoms with Crippen molar-refractivity contribution in [2.24, 2.45) is 0 Å². The Bertz CT molecular complexity index is 899. The molecule has 1 heterocycles. The van der Waals surface area contributed by atoms with E-state index in [-0.39, 0.29) is 16.0 Å². The van der Waals surface area contributed by atoms with Crippen LogP contribution < -0.4 is 15.0 Å². The summed E-state index contributed by atoms with van der Waals surface area (Å²) in [4.78, 5) is 22.7. The molecule has 0 bridgehead atoms. The fraction of sp³-hybridized carbons (Fsp3) is 0. The zero-order valence-electron chi connectivity index (χ0n) is 11.1. The minimum Gasteiger partial charge on any atom is -0.432 e. The third kappa shape index (κ3) is 3.21. The Hall–Kier alpha value is -2.51. The van der Waals surface area contributed by atoms with E-state index in [2.05, 4.69) is 5.32 Å². The van der Waals surface area contributed by atoms with E-state index in [1.165, 1.54) is 0 Å². The molecule has 3 rings (SSSR count). The largest absolute Gasteiger partial charge is 0.432 e. The molecule has 22 heavy (non-hydrogen) atoms. The van der Waals surface area contributed by atoms with Gasteiger partial charge in [0.1, 0.15) is 11.3 Å².